The third kappa shape index (κ3) is 4.46. The predicted molar refractivity (Wildman–Crippen MR) is 73.9 cm³/mol. The van der Waals surface area contributed by atoms with Gasteiger partial charge in [-0.2, -0.15) is 13.2 Å². The summed E-state index contributed by atoms with van der Waals surface area (Å²) in [5.74, 6) is -0.365. The molecule has 2 N–H and O–H groups in total. The molecule has 2 rings (SSSR count). The van der Waals surface area contributed by atoms with Gasteiger partial charge in [-0.05, 0) is 30.5 Å². The molecule has 0 spiro atoms. The monoisotopic (exact) mass is 300 g/mol. The Balaban J connectivity index is 1.96. The van der Waals surface area contributed by atoms with Gasteiger partial charge in [-0.3, -0.25) is 4.79 Å². The average molecular weight is 300 g/mol. The molecule has 0 aromatic heterocycles. The second-order valence-electron chi connectivity index (χ2n) is 5.49. The quantitative estimate of drug-likeness (QED) is 0.897. The highest BCUT2D eigenvalue weighted by Crippen LogP contribution is 2.31. The van der Waals surface area contributed by atoms with E-state index in [1.165, 1.54) is 6.07 Å². The van der Waals surface area contributed by atoms with Gasteiger partial charge in [0, 0.05) is 19.0 Å². The van der Waals surface area contributed by atoms with Crippen molar-refractivity contribution in [3.63, 3.8) is 0 Å². The highest BCUT2D eigenvalue weighted by molar-refractivity contribution is 5.77. The Hall–Kier alpha value is -1.56. The Morgan fingerprint density at radius 2 is 2.24 bits per heavy atom. The molecule has 1 aromatic carbocycles. The standard InChI is InChI=1S/C15H19F3N2O/c1-10(7-14(21)20-13-5-6-19-9-13)11-3-2-4-12(8-11)15(16,17)18/h2-4,8,10,13,19H,5-7,9H2,1H3,(H,20,21). The first-order chi connectivity index (χ1) is 9.86. The van der Waals surface area contributed by atoms with Crippen molar-refractivity contribution in [1.82, 2.24) is 10.6 Å². The number of amides is 1. The first-order valence-electron chi connectivity index (χ1n) is 7.03. The Morgan fingerprint density at radius 1 is 1.48 bits per heavy atom. The first kappa shape index (κ1) is 15.8. The van der Waals surface area contributed by atoms with Crippen LogP contribution in [0.25, 0.3) is 0 Å². The summed E-state index contributed by atoms with van der Waals surface area (Å²) in [5, 5.41) is 6.05. The summed E-state index contributed by atoms with van der Waals surface area (Å²) in [5.41, 5.74) is -0.142. The number of nitrogens with one attached hydrogen (secondary N) is 2. The number of halogens is 3. The lowest BCUT2D eigenvalue weighted by atomic mass is 9.95. The fraction of sp³-hybridized carbons (Fsp3) is 0.533. The lowest BCUT2D eigenvalue weighted by Gasteiger charge is -2.16. The Labute approximate surface area is 121 Å². The van der Waals surface area contributed by atoms with Crippen LogP contribution in [0.5, 0.6) is 0 Å². The van der Waals surface area contributed by atoms with E-state index in [0.29, 0.717) is 5.56 Å². The second kappa shape index (κ2) is 6.47. The van der Waals surface area contributed by atoms with Gasteiger partial charge in [-0.15, -0.1) is 0 Å². The lowest BCUT2D eigenvalue weighted by Crippen LogP contribution is -2.36. The molecule has 0 saturated carbocycles. The Kier molecular flexibility index (Phi) is 4.88. The summed E-state index contributed by atoms with van der Waals surface area (Å²) < 4.78 is 38.0. The zero-order valence-corrected chi connectivity index (χ0v) is 11.8. The van der Waals surface area contributed by atoms with Gasteiger partial charge < -0.3 is 10.6 Å². The summed E-state index contributed by atoms with van der Waals surface area (Å²) in [4.78, 5) is 11.9. The van der Waals surface area contributed by atoms with E-state index < -0.39 is 11.7 Å². The van der Waals surface area contributed by atoms with Gasteiger partial charge in [0.15, 0.2) is 0 Å². The molecule has 2 atom stereocenters. The van der Waals surface area contributed by atoms with Gasteiger partial charge in [0.1, 0.15) is 0 Å². The average Bonchev–Trinajstić information content (AvgIpc) is 2.90. The summed E-state index contributed by atoms with van der Waals surface area (Å²) in [6.07, 6.45) is -3.27. The molecule has 116 valence electrons. The molecule has 1 aliphatic rings. The fourth-order valence-corrected chi connectivity index (χ4v) is 2.48. The third-order valence-corrected chi connectivity index (χ3v) is 3.70. The van der Waals surface area contributed by atoms with Crippen LogP contribution in [0.2, 0.25) is 0 Å². The van der Waals surface area contributed by atoms with Crippen molar-refractivity contribution in [2.24, 2.45) is 0 Å². The van der Waals surface area contributed by atoms with Crippen LogP contribution in [0, 0.1) is 0 Å². The molecule has 0 aliphatic carbocycles. The van der Waals surface area contributed by atoms with Crippen molar-refractivity contribution in [1.29, 1.82) is 0 Å². The third-order valence-electron chi connectivity index (χ3n) is 3.70. The number of hydrogen-bond donors (Lipinski definition) is 2. The van der Waals surface area contributed by atoms with Gasteiger partial charge in [0.2, 0.25) is 5.91 Å². The van der Waals surface area contributed by atoms with Crippen molar-refractivity contribution in [3.05, 3.63) is 35.4 Å². The van der Waals surface area contributed by atoms with Gasteiger partial charge in [0.05, 0.1) is 5.56 Å². The maximum absolute atomic E-state index is 12.7. The molecule has 1 aliphatic heterocycles. The lowest BCUT2D eigenvalue weighted by molar-refractivity contribution is -0.137. The molecule has 2 unspecified atom stereocenters. The maximum Gasteiger partial charge on any atom is 0.416 e. The van der Waals surface area contributed by atoms with E-state index in [2.05, 4.69) is 10.6 Å². The zero-order valence-electron chi connectivity index (χ0n) is 11.8. The summed E-state index contributed by atoms with van der Waals surface area (Å²) in [6, 6.07) is 5.30. The largest absolute Gasteiger partial charge is 0.416 e. The number of carbonyl (C=O) groups excluding carboxylic acids is 1. The second-order valence-corrected chi connectivity index (χ2v) is 5.49. The van der Waals surface area contributed by atoms with E-state index in [1.807, 2.05) is 0 Å². The van der Waals surface area contributed by atoms with E-state index in [0.717, 1.165) is 31.6 Å². The topological polar surface area (TPSA) is 41.1 Å². The summed E-state index contributed by atoms with van der Waals surface area (Å²) >= 11 is 0. The van der Waals surface area contributed by atoms with Crippen LogP contribution in [0.4, 0.5) is 13.2 Å². The van der Waals surface area contributed by atoms with Gasteiger partial charge in [-0.1, -0.05) is 25.1 Å². The zero-order chi connectivity index (χ0) is 15.5. The van der Waals surface area contributed by atoms with E-state index in [4.69, 9.17) is 0 Å². The minimum atomic E-state index is -4.35. The Bertz CT molecular complexity index is 496. The maximum atomic E-state index is 12.7. The number of rotatable bonds is 4. The molecule has 1 fully saturated rings. The molecule has 21 heavy (non-hydrogen) atoms. The molecule has 1 aromatic rings. The fourth-order valence-electron chi connectivity index (χ4n) is 2.48. The van der Waals surface area contributed by atoms with Crippen molar-refractivity contribution in [2.45, 2.75) is 37.9 Å². The van der Waals surface area contributed by atoms with Crippen LogP contribution in [0.15, 0.2) is 24.3 Å². The SMILES string of the molecule is CC(CC(=O)NC1CCNC1)c1cccc(C(F)(F)F)c1. The molecule has 1 heterocycles. The molecular formula is C15H19F3N2O. The summed E-state index contributed by atoms with van der Waals surface area (Å²) in [7, 11) is 0. The van der Waals surface area contributed by atoms with Crippen molar-refractivity contribution in [3.8, 4) is 0 Å². The van der Waals surface area contributed by atoms with E-state index >= 15 is 0 Å². The molecular weight excluding hydrogens is 281 g/mol. The number of benzene rings is 1. The minimum Gasteiger partial charge on any atom is -0.352 e. The first-order valence-corrected chi connectivity index (χ1v) is 7.03. The molecule has 1 saturated heterocycles. The van der Waals surface area contributed by atoms with Crippen LogP contribution in [0.1, 0.15) is 36.8 Å². The molecule has 1 amide bonds. The van der Waals surface area contributed by atoms with E-state index in [-0.39, 0.29) is 24.3 Å². The van der Waals surface area contributed by atoms with Crippen LogP contribution < -0.4 is 10.6 Å². The number of hydrogen-bond acceptors (Lipinski definition) is 2. The van der Waals surface area contributed by atoms with Crippen LogP contribution in [0.3, 0.4) is 0 Å². The van der Waals surface area contributed by atoms with Crippen molar-refractivity contribution in [2.75, 3.05) is 13.1 Å². The van der Waals surface area contributed by atoms with Gasteiger partial charge >= 0.3 is 6.18 Å². The van der Waals surface area contributed by atoms with Crippen molar-refractivity contribution < 1.29 is 18.0 Å². The molecule has 0 radical (unpaired) electrons. The van der Waals surface area contributed by atoms with E-state index in [9.17, 15) is 18.0 Å². The highest BCUT2D eigenvalue weighted by Gasteiger charge is 2.30. The molecule has 3 nitrogen and oxygen atoms in total. The minimum absolute atomic E-state index is 0.117. The number of carbonyl (C=O) groups is 1. The smallest absolute Gasteiger partial charge is 0.352 e. The van der Waals surface area contributed by atoms with Gasteiger partial charge in [0.25, 0.3) is 0 Å². The number of alkyl halides is 3. The van der Waals surface area contributed by atoms with Crippen LogP contribution >= 0.6 is 0 Å². The Morgan fingerprint density at radius 3 is 2.86 bits per heavy atom. The summed E-state index contributed by atoms with van der Waals surface area (Å²) in [6.45, 7) is 3.40. The highest BCUT2D eigenvalue weighted by atomic mass is 19.4. The molecule has 6 heteroatoms. The molecule has 0 bridgehead atoms. The van der Waals surface area contributed by atoms with Crippen molar-refractivity contribution >= 4 is 5.91 Å². The van der Waals surface area contributed by atoms with Crippen LogP contribution in [-0.2, 0) is 11.0 Å². The normalized spacial score (nSPS) is 20.3. The predicted octanol–water partition coefficient (Wildman–Crippen LogP) is 2.68. The van der Waals surface area contributed by atoms with Crippen LogP contribution in [-0.4, -0.2) is 25.0 Å². The van der Waals surface area contributed by atoms with E-state index in [1.54, 1.807) is 13.0 Å². The van der Waals surface area contributed by atoms with Gasteiger partial charge in [-0.25, -0.2) is 0 Å².